The van der Waals surface area contributed by atoms with E-state index < -0.39 is 23.6 Å². The summed E-state index contributed by atoms with van der Waals surface area (Å²) in [6.07, 6.45) is -4.60. The average Bonchev–Trinajstić information content (AvgIpc) is 2.79. The van der Waals surface area contributed by atoms with Crippen LogP contribution in [0.1, 0.15) is 25.0 Å². The first-order chi connectivity index (χ1) is 12.6. The lowest BCUT2D eigenvalue weighted by Gasteiger charge is -2.19. The molecule has 0 saturated heterocycles. The monoisotopic (exact) mass is 375 g/mol. The van der Waals surface area contributed by atoms with Gasteiger partial charge in [0.1, 0.15) is 5.82 Å². The van der Waals surface area contributed by atoms with Gasteiger partial charge in [-0.3, -0.25) is 15.0 Å². The van der Waals surface area contributed by atoms with Crippen molar-refractivity contribution >= 4 is 17.6 Å². The van der Waals surface area contributed by atoms with Crippen LogP contribution in [0.25, 0.3) is 11.3 Å². The normalized spacial score (nSPS) is 15.0. The zero-order valence-corrected chi connectivity index (χ0v) is 14.8. The van der Waals surface area contributed by atoms with Crippen molar-refractivity contribution < 1.29 is 22.8 Å². The number of anilines is 1. The van der Waals surface area contributed by atoms with Gasteiger partial charge in [-0.05, 0) is 32.9 Å². The summed E-state index contributed by atoms with van der Waals surface area (Å²) in [6.45, 7) is 4.84. The van der Waals surface area contributed by atoms with Crippen LogP contribution < -0.4 is 5.43 Å². The third-order valence-corrected chi connectivity index (χ3v) is 4.36. The molecule has 0 saturated carbocycles. The Labute approximate surface area is 153 Å². The molecule has 1 aliphatic heterocycles. The highest BCUT2D eigenvalue weighted by atomic mass is 19.4. The quantitative estimate of drug-likeness (QED) is 0.821. The number of aromatic nitrogens is 1. The number of pyridine rings is 1. The third kappa shape index (κ3) is 3.42. The minimum absolute atomic E-state index is 0.0391. The minimum Gasteiger partial charge on any atom is -0.271 e. The predicted molar refractivity (Wildman–Crippen MR) is 93.3 cm³/mol. The van der Waals surface area contributed by atoms with Gasteiger partial charge >= 0.3 is 6.18 Å². The number of hydrazine groups is 1. The van der Waals surface area contributed by atoms with E-state index in [2.05, 4.69) is 10.4 Å². The second-order valence-electron chi connectivity index (χ2n) is 6.26. The van der Waals surface area contributed by atoms with E-state index in [4.69, 9.17) is 0 Å². The molecule has 0 fully saturated rings. The Balaban J connectivity index is 2.02. The number of carbonyl (C=O) groups is 2. The van der Waals surface area contributed by atoms with Crippen LogP contribution in [0, 0.1) is 6.92 Å². The minimum atomic E-state index is -4.60. The zero-order valence-electron chi connectivity index (χ0n) is 14.8. The molecule has 0 bridgehead atoms. The second-order valence-corrected chi connectivity index (χ2v) is 6.26. The first-order valence-electron chi connectivity index (χ1n) is 8.08. The highest BCUT2D eigenvalue weighted by molar-refractivity contribution is 6.19. The van der Waals surface area contributed by atoms with E-state index in [-0.39, 0.29) is 28.2 Å². The fourth-order valence-corrected chi connectivity index (χ4v) is 2.65. The largest absolute Gasteiger partial charge is 0.418 e. The van der Waals surface area contributed by atoms with Crippen molar-refractivity contribution in [1.82, 2.24) is 9.99 Å². The summed E-state index contributed by atoms with van der Waals surface area (Å²) in [5.74, 6) is -1.16. The van der Waals surface area contributed by atoms with Crippen LogP contribution >= 0.6 is 0 Å². The van der Waals surface area contributed by atoms with Gasteiger partial charge in [-0.15, -0.1) is 0 Å². The van der Waals surface area contributed by atoms with Gasteiger partial charge in [-0.2, -0.15) is 18.2 Å². The van der Waals surface area contributed by atoms with Crippen LogP contribution in [0.4, 0.5) is 19.0 Å². The fourth-order valence-electron chi connectivity index (χ4n) is 2.65. The number of benzene rings is 1. The first kappa shape index (κ1) is 18.6. The number of amides is 2. The lowest BCUT2D eigenvalue weighted by atomic mass is 10.0. The number of alkyl halides is 3. The van der Waals surface area contributed by atoms with E-state index in [1.54, 1.807) is 24.3 Å². The number of hydrogen-bond acceptors (Lipinski definition) is 4. The van der Waals surface area contributed by atoms with E-state index in [0.717, 1.165) is 22.7 Å². The van der Waals surface area contributed by atoms with Crippen molar-refractivity contribution in [3.63, 3.8) is 0 Å². The van der Waals surface area contributed by atoms with Crippen molar-refractivity contribution in [2.24, 2.45) is 0 Å². The summed E-state index contributed by atoms with van der Waals surface area (Å²) in [4.78, 5) is 28.3. The Bertz CT molecular complexity index is 939. The molecule has 2 amide bonds. The average molecular weight is 375 g/mol. The van der Waals surface area contributed by atoms with Crippen LogP contribution in [0.5, 0.6) is 0 Å². The Morgan fingerprint density at radius 2 is 1.44 bits per heavy atom. The highest BCUT2D eigenvalue weighted by Gasteiger charge is 2.36. The van der Waals surface area contributed by atoms with E-state index in [1.807, 2.05) is 6.92 Å². The van der Waals surface area contributed by atoms with Crippen LogP contribution in [0.15, 0.2) is 47.5 Å². The van der Waals surface area contributed by atoms with E-state index in [1.165, 1.54) is 13.8 Å². The maximum absolute atomic E-state index is 13.4. The van der Waals surface area contributed by atoms with Crippen LogP contribution in [0.3, 0.4) is 0 Å². The summed E-state index contributed by atoms with van der Waals surface area (Å²) < 4.78 is 40.2. The molecular weight excluding hydrogens is 359 g/mol. The molecule has 0 atom stereocenters. The lowest BCUT2D eigenvalue weighted by molar-refractivity contribution is -0.138. The van der Waals surface area contributed by atoms with Crippen molar-refractivity contribution in [1.29, 1.82) is 0 Å². The number of hydrogen-bond donors (Lipinski definition) is 1. The molecule has 1 aromatic carbocycles. The van der Waals surface area contributed by atoms with E-state index >= 15 is 0 Å². The summed E-state index contributed by atoms with van der Waals surface area (Å²) >= 11 is 0. The summed E-state index contributed by atoms with van der Waals surface area (Å²) in [5, 5.41) is 0.749. The molecule has 1 aromatic heterocycles. The van der Waals surface area contributed by atoms with E-state index in [0.29, 0.717) is 0 Å². The Morgan fingerprint density at radius 3 is 1.96 bits per heavy atom. The first-order valence-corrected chi connectivity index (χ1v) is 8.08. The Hall–Kier alpha value is -3.16. The van der Waals surface area contributed by atoms with Gasteiger partial charge in [-0.25, -0.2) is 4.98 Å². The molecule has 27 heavy (non-hydrogen) atoms. The molecule has 0 spiro atoms. The van der Waals surface area contributed by atoms with Gasteiger partial charge in [0.2, 0.25) is 0 Å². The van der Waals surface area contributed by atoms with Crippen LogP contribution in [-0.4, -0.2) is 21.8 Å². The number of rotatable bonds is 3. The summed E-state index contributed by atoms with van der Waals surface area (Å²) in [7, 11) is 0. The van der Waals surface area contributed by atoms with Crippen molar-refractivity contribution in [2.75, 3.05) is 5.43 Å². The smallest absolute Gasteiger partial charge is 0.271 e. The lowest BCUT2D eigenvalue weighted by Crippen LogP contribution is -2.37. The maximum Gasteiger partial charge on any atom is 0.418 e. The molecule has 5 nitrogen and oxygen atoms in total. The molecular formula is C19H16F3N3O2. The Kier molecular flexibility index (Phi) is 4.51. The number of imide groups is 1. The SMILES string of the molecule is CC1=C(C)C(=O)N(Nc2ccc(C(F)(F)F)c(-c3ccc(C)cc3)n2)C1=O. The molecule has 0 unspecified atom stereocenters. The maximum atomic E-state index is 13.4. The molecule has 1 aliphatic rings. The van der Waals surface area contributed by atoms with E-state index in [9.17, 15) is 22.8 Å². The van der Waals surface area contributed by atoms with Crippen molar-refractivity contribution in [3.05, 3.63) is 58.7 Å². The van der Waals surface area contributed by atoms with Gasteiger partial charge in [0, 0.05) is 16.7 Å². The van der Waals surface area contributed by atoms with Crippen LogP contribution in [0.2, 0.25) is 0 Å². The highest BCUT2D eigenvalue weighted by Crippen LogP contribution is 2.37. The van der Waals surface area contributed by atoms with Gasteiger partial charge in [0.25, 0.3) is 11.8 Å². The molecule has 2 aromatic rings. The fraction of sp³-hybridized carbons (Fsp3) is 0.211. The standard InChI is InChI=1S/C19H16F3N3O2/c1-10-4-6-13(7-5-10)16-14(19(20,21)22)8-9-15(23-16)24-25-17(26)11(2)12(3)18(25)27/h4-9H,1-3H3,(H,23,24). The van der Waals surface area contributed by atoms with Gasteiger partial charge < -0.3 is 0 Å². The van der Waals surface area contributed by atoms with Crippen molar-refractivity contribution in [3.8, 4) is 11.3 Å². The molecule has 140 valence electrons. The number of nitrogens with zero attached hydrogens (tertiary/aromatic N) is 2. The van der Waals surface area contributed by atoms with Crippen LogP contribution in [-0.2, 0) is 15.8 Å². The number of halogens is 3. The molecule has 3 rings (SSSR count). The summed E-state index contributed by atoms with van der Waals surface area (Å²) in [6, 6.07) is 8.41. The third-order valence-electron chi connectivity index (χ3n) is 4.36. The molecule has 0 aliphatic carbocycles. The Morgan fingerprint density at radius 1 is 0.889 bits per heavy atom. The number of aryl methyl sites for hydroxylation is 1. The van der Waals surface area contributed by atoms with Gasteiger partial charge in [0.15, 0.2) is 0 Å². The number of carbonyl (C=O) groups excluding carboxylic acids is 2. The molecule has 0 radical (unpaired) electrons. The zero-order chi connectivity index (χ0) is 19.9. The van der Waals surface area contributed by atoms with Gasteiger partial charge in [-0.1, -0.05) is 29.8 Å². The molecule has 1 N–H and O–H groups in total. The number of nitrogens with one attached hydrogen (secondary N) is 1. The second kappa shape index (κ2) is 6.53. The van der Waals surface area contributed by atoms with Gasteiger partial charge in [0.05, 0.1) is 11.3 Å². The topological polar surface area (TPSA) is 62.3 Å². The summed E-state index contributed by atoms with van der Waals surface area (Å²) in [5.41, 5.74) is 3.06. The predicted octanol–water partition coefficient (Wildman–Crippen LogP) is 4.11. The molecule has 2 heterocycles. The van der Waals surface area contributed by atoms with Crippen molar-refractivity contribution in [2.45, 2.75) is 26.9 Å². The molecule has 8 heteroatoms.